The Morgan fingerprint density at radius 3 is 2.87 bits per heavy atom. The molecule has 0 fully saturated rings. The van der Waals surface area contributed by atoms with Crippen LogP contribution in [0.3, 0.4) is 0 Å². The van der Waals surface area contributed by atoms with Crippen LogP contribution in [0.25, 0.3) is 0 Å². The molecule has 0 atom stereocenters. The van der Waals surface area contributed by atoms with Crippen LogP contribution >= 0.6 is 0 Å². The van der Waals surface area contributed by atoms with Crippen molar-refractivity contribution in [1.82, 2.24) is 0 Å². The Balaban J connectivity index is 3.27. The third-order valence-corrected chi connectivity index (χ3v) is 1.80. The van der Waals surface area contributed by atoms with E-state index < -0.39 is 0 Å². The highest BCUT2D eigenvalue weighted by Crippen LogP contribution is 2.28. The number of hydrogen-bond acceptors (Lipinski definition) is 4. The van der Waals surface area contributed by atoms with Gasteiger partial charge in [0.2, 0.25) is 0 Å². The van der Waals surface area contributed by atoms with Gasteiger partial charge >= 0.3 is 0 Å². The number of aldehydes is 1. The second-order valence-corrected chi connectivity index (χ2v) is 2.74. The van der Waals surface area contributed by atoms with Gasteiger partial charge in [-0.2, -0.15) is 0 Å². The number of carbonyl (C=O) groups excluding carboxylic acids is 1. The topological polar surface area (TPSA) is 72.5 Å². The zero-order valence-electron chi connectivity index (χ0n) is 8.28. The molecule has 78 valence electrons. The van der Waals surface area contributed by atoms with Crippen LogP contribution in [0.4, 0.5) is 0 Å². The van der Waals surface area contributed by atoms with Gasteiger partial charge in [0, 0.05) is 17.2 Å². The average molecular weight is 205 g/mol. The number of aromatic hydroxyl groups is 1. The highest BCUT2D eigenvalue weighted by atomic mass is 16.5. The molecule has 15 heavy (non-hydrogen) atoms. The summed E-state index contributed by atoms with van der Waals surface area (Å²) in [6, 6.07) is 2.81. The summed E-state index contributed by atoms with van der Waals surface area (Å²) in [7, 11) is 1.41. The zero-order valence-corrected chi connectivity index (χ0v) is 8.28. The van der Waals surface area contributed by atoms with Crippen molar-refractivity contribution < 1.29 is 14.6 Å². The van der Waals surface area contributed by atoms with Gasteiger partial charge in [-0.3, -0.25) is 4.79 Å². The summed E-state index contributed by atoms with van der Waals surface area (Å²) in [6.07, 6.45) is 0.655. The molecular weight excluding hydrogens is 194 g/mol. The second-order valence-electron chi connectivity index (χ2n) is 2.74. The SMILES string of the molecule is COc1cc(C=O)c(C#CCN)cc1O. The van der Waals surface area contributed by atoms with Gasteiger partial charge in [-0.25, -0.2) is 0 Å². The van der Waals surface area contributed by atoms with Crippen LogP contribution < -0.4 is 10.5 Å². The first-order chi connectivity index (χ1) is 7.22. The molecule has 0 aliphatic heterocycles. The second kappa shape index (κ2) is 5.03. The summed E-state index contributed by atoms with van der Waals surface area (Å²) in [5.41, 5.74) is 6.02. The van der Waals surface area contributed by atoms with Crippen LogP contribution in [0.15, 0.2) is 12.1 Å². The number of methoxy groups -OCH3 is 1. The van der Waals surface area contributed by atoms with Crippen molar-refractivity contribution in [2.75, 3.05) is 13.7 Å². The molecule has 0 aliphatic rings. The van der Waals surface area contributed by atoms with Crippen LogP contribution in [0.2, 0.25) is 0 Å². The van der Waals surface area contributed by atoms with E-state index in [1.807, 2.05) is 0 Å². The number of ether oxygens (including phenoxy) is 1. The molecular formula is C11H11NO3. The number of phenolic OH excluding ortho intramolecular Hbond substituents is 1. The summed E-state index contributed by atoms with van der Waals surface area (Å²) in [5.74, 6) is 5.50. The molecule has 0 aromatic heterocycles. The Morgan fingerprint density at radius 1 is 1.60 bits per heavy atom. The fraction of sp³-hybridized carbons (Fsp3) is 0.182. The van der Waals surface area contributed by atoms with Gasteiger partial charge in [0.25, 0.3) is 0 Å². The summed E-state index contributed by atoms with van der Waals surface area (Å²) in [6.45, 7) is 0.199. The first kappa shape index (κ1) is 11.1. The fourth-order valence-corrected chi connectivity index (χ4v) is 1.10. The summed E-state index contributed by atoms with van der Waals surface area (Å²) < 4.78 is 4.87. The Labute approximate surface area is 87.7 Å². The van der Waals surface area contributed by atoms with Crippen molar-refractivity contribution in [3.63, 3.8) is 0 Å². The number of phenols is 1. The van der Waals surface area contributed by atoms with E-state index in [0.717, 1.165) is 0 Å². The lowest BCUT2D eigenvalue weighted by Gasteiger charge is -2.05. The van der Waals surface area contributed by atoms with Gasteiger partial charge in [-0.1, -0.05) is 11.8 Å². The molecule has 4 heteroatoms. The lowest BCUT2D eigenvalue weighted by Crippen LogP contribution is -1.95. The van der Waals surface area contributed by atoms with E-state index in [9.17, 15) is 9.90 Å². The highest BCUT2D eigenvalue weighted by molar-refractivity contribution is 5.81. The van der Waals surface area contributed by atoms with Crippen molar-refractivity contribution in [1.29, 1.82) is 0 Å². The van der Waals surface area contributed by atoms with Gasteiger partial charge < -0.3 is 15.6 Å². The predicted octanol–water partition coefficient (Wildman–Crippen LogP) is 0.524. The fourth-order valence-electron chi connectivity index (χ4n) is 1.10. The van der Waals surface area contributed by atoms with Crippen LogP contribution in [0, 0.1) is 11.8 Å². The molecule has 0 spiro atoms. The molecule has 0 heterocycles. The van der Waals surface area contributed by atoms with Crippen LogP contribution in [-0.4, -0.2) is 25.0 Å². The minimum atomic E-state index is -0.0515. The summed E-state index contributed by atoms with van der Waals surface area (Å²) in [5, 5.41) is 9.47. The Bertz CT molecular complexity index is 429. The van der Waals surface area contributed by atoms with E-state index in [1.54, 1.807) is 0 Å². The van der Waals surface area contributed by atoms with E-state index in [1.165, 1.54) is 19.2 Å². The van der Waals surface area contributed by atoms with Gasteiger partial charge in [0.05, 0.1) is 13.7 Å². The average Bonchev–Trinajstić information content (AvgIpc) is 2.26. The molecule has 0 saturated heterocycles. The zero-order chi connectivity index (χ0) is 11.3. The van der Waals surface area contributed by atoms with Gasteiger partial charge in [-0.15, -0.1) is 0 Å². The van der Waals surface area contributed by atoms with Crippen molar-refractivity contribution in [2.45, 2.75) is 0 Å². The molecule has 0 saturated carbocycles. The molecule has 1 rings (SSSR count). The molecule has 1 aromatic carbocycles. The maximum Gasteiger partial charge on any atom is 0.161 e. The molecule has 0 radical (unpaired) electrons. The number of carbonyl (C=O) groups is 1. The first-order valence-corrected chi connectivity index (χ1v) is 4.28. The minimum Gasteiger partial charge on any atom is -0.504 e. The molecule has 4 nitrogen and oxygen atoms in total. The van der Waals surface area contributed by atoms with E-state index in [4.69, 9.17) is 10.5 Å². The molecule has 0 amide bonds. The van der Waals surface area contributed by atoms with Crippen molar-refractivity contribution in [3.05, 3.63) is 23.3 Å². The smallest absolute Gasteiger partial charge is 0.161 e. The Kier molecular flexibility index (Phi) is 3.72. The van der Waals surface area contributed by atoms with Crippen LogP contribution in [0.5, 0.6) is 11.5 Å². The van der Waals surface area contributed by atoms with Gasteiger partial charge in [0.15, 0.2) is 17.8 Å². The molecule has 1 aromatic rings. The number of nitrogens with two attached hydrogens (primary N) is 1. The Hall–Kier alpha value is -1.99. The van der Waals surface area contributed by atoms with Crippen molar-refractivity contribution in [3.8, 4) is 23.3 Å². The van der Waals surface area contributed by atoms with E-state index in [0.29, 0.717) is 17.4 Å². The molecule has 3 N–H and O–H groups in total. The predicted molar refractivity (Wildman–Crippen MR) is 56.0 cm³/mol. The van der Waals surface area contributed by atoms with Gasteiger partial charge in [0.1, 0.15) is 0 Å². The van der Waals surface area contributed by atoms with Crippen molar-refractivity contribution in [2.24, 2.45) is 5.73 Å². The molecule has 0 unspecified atom stereocenters. The maximum absolute atomic E-state index is 10.7. The lowest BCUT2D eigenvalue weighted by molar-refractivity contribution is 0.112. The normalized spacial score (nSPS) is 8.93. The van der Waals surface area contributed by atoms with Gasteiger partial charge in [-0.05, 0) is 6.07 Å². The third-order valence-electron chi connectivity index (χ3n) is 1.80. The largest absolute Gasteiger partial charge is 0.504 e. The summed E-state index contributed by atoms with van der Waals surface area (Å²) >= 11 is 0. The molecule has 0 bridgehead atoms. The maximum atomic E-state index is 10.7. The standard InChI is InChI=1S/C11H11NO3/c1-15-11-6-9(7-13)8(3-2-4-12)5-10(11)14/h5-7,14H,4,12H2,1H3. The van der Waals surface area contributed by atoms with E-state index >= 15 is 0 Å². The minimum absolute atomic E-state index is 0.0515. The number of hydrogen-bond donors (Lipinski definition) is 2. The van der Waals surface area contributed by atoms with Crippen LogP contribution in [-0.2, 0) is 0 Å². The lowest BCUT2D eigenvalue weighted by atomic mass is 10.1. The van der Waals surface area contributed by atoms with E-state index in [-0.39, 0.29) is 18.0 Å². The number of rotatable bonds is 2. The van der Waals surface area contributed by atoms with Crippen LogP contribution in [0.1, 0.15) is 15.9 Å². The first-order valence-electron chi connectivity index (χ1n) is 4.28. The highest BCUT2D eigenvalue weighted by Gasteiger charge is 2.07. The van der Waals surface area contributed by atoms with Crippen molar-refractivity contribution >= 4 is 6.29 Å². The molecule has 0 aliphatic carbocycles. The Morgan fingerprint density at radius 2 is 2.33 bits per heavy atom. The van der Waals surface area contributed by atoms with E-state index in [2.05, 4.69) is 11.8 Å². The monoisotopic (exact) mass is 205 g/mol. The quantitative estimate of drug-likeness (QED) is 0.545. The third kappa shape index (κ3) is 2.48. The number of benzene rings is 1. The summed E-state index contributed by atoms with van der Waals surface area (Å²) in [4.78, 5) is 10.7.